The number of hydrogen-bond donors (Lipinski definition) is 2. The summed E-state index contributed by atoms with van der Waals surface area (Å²) in [5, 5.41) is 6.24. The van der Waals surface area contributed by atoms with Gasteiger partial charge in [0.15, 0.2) is 0 Å². The fourth-order valence-corrected chi connectivity index (χ4v) is 5.71. The van der Waals surface area contributed by atoms with Gasteiger partial charge in [0.1, 0.15) is 16.2 Å². The van der Waals surface area contributed by atoms with Crippen LogP contribution in [0, 0.1) is 0 Å². The number of carbonyl (C=O) groups is 3. The maximum atomic E-state index is 13.4. The van der Waals surface area contributed by atoms with Crippen LogP contribution >= 0.6 is 11.3 Å². The molecule has 1 aromatic heterocycles. The van der Waals surface area contributed by atoms with Crippen molar-refractivity contribution in [3.8, 4) is 10.4 Å². The number of amides is 3. The summed E-state index contributed by atoms with van der Waals surface area (Å²) in [5.41, 5.74) is 2.97. The maximum Gasteiger partial charge on any atom is 0.412 e. The lowest BCUT2D eigenvalue weighted by molar-refractivity contribution is -0.112. The molecule has 0 spiro atoms. The topological polar surface area (TPSA) is 113 Å². The van der Waals surface area contributed by atoms with Crippen molar-refractivity contribution < 1.29 is 23.9 Å². The second-order valence-electron chi connectivity index (χ2n) is 13.0. The molecule has 3 amide bonds. The largest absolute Gasteiger partial charge is 0.444 e. The van der Waals surface area contributed by atoms with Crippen LogP contribution in [0.5, 0.6) is 0 Å². The number of thiophene rings is 1. The van der Waals surface area contributed by atoms with E-state index in [1.165, 1.54) is 11.3 Å². The summed E-state index contributed by atoms with van der Waals surface area (Å²) >= 11 is 1.36. The molecule has 1 aliphatic heterocycles. The number of piperazine rings is 1. The molecule has 1 aliphatic rings. The Balaban J connectivity index is 1.48. The molecule has 10 nitrogen and oxygen atoms in total. The third kappa shape index (κ3) is 9.43. The first-order chi connectivity index (χ1) is 21.6. The first kappa shape index (κ1) is 34.2. The Morgan fingerprint density at radius 2 is 1.54 bits per heavy atom. The summed E-state index contributed by atoms with van der Waals surface area (Å²) in [5.74, 6) is -0.328. The molecular weight excluding hydrogens is 602 g/mol. The average Bonchev–Trinajstić information content (AvgIpc) is 3.37. The molecule has 0 atom stereocenters. The minimum Gasteiger partial charge on any atom is -0.444 e. The predicted octanol–water partition coefficient (Wildman–Crippen LogP) is 8.19. The lowest BCUT2D eigenvalue weighted by atomic mass is 10.1. The van der Waals surface area contributed by atoms with Crippen LogP contribution in [0.25, 0.3) is 16.5 Å². The highest BCUT2D eigenvalue weighted by atomic mass is 32.1. The van der Waals surface area contributed by atoms with Crippen LogP contribution in [-0.4, -0.2) is 67.1 Å². The van der Waals surface area contributed by atoms with E-state index in [0.29, 0.717) is 48.1 Å². The Labute approximate surface area is 275 Å². The molecule has 0 saturated carbocycles. The monoisotopic (exact) mass is 645 g/mol. The van der Waals surface area contributed by atoms with Crippen molar-refractivity contribution in [1.82, 2.24) is 4.90 Å². The molecule has 3 aromatic rings. The highest BCUT2D eigenvalue weighted by molar-refractivity contribution is 7.20. The number of anilines is 3. The number of hydrogen-bond acceptors (Lipinski definition) is 8. The summed E-state index contributed by atoms with van der Waals surface area (Å²) in [7, 11) is 0. The third-order valence-corrected chi connectivity index (χ3v) is 7.96. The zero-order valence-corrected chi connectivity index (χ0v) is 28.4. The molecule has 1 fully saturated rings. The summed E-state index contributed by atoms with van der Waals surface area (Å²) in [6.07, 6.45) is 0.845. The van der Waals surface area contributed by atoms with Gasteiger partial charge >= 0.3 is 12.2 Å². The Morgan fingerprint density at radius 1 is 0.891 bits per heavy atom. The van der Waals surface area contributed by atoms with Crippen LogP contribution < -0.4 is 15.5 Å². The maximum absolute atomic E-state index is 13.4. The van der Waals surface area contributed by atoms with Gasteiger partial charge in [0.25, 0.3) is 5.91 Å². The quantitative estimate of drug-likeness (QED) is 0.198. The summed E-state index contributed by atoms with van der Waals surface area (Å²) in [4.78, 5) is 47.5. The molecule has 4 rings (SSSR count). The van der Waals surface area contributed by atoms with Gasteiger partial charge in [-0.05, 0) is 85.0 Å². The van der Waals surface area contributed by atoms with Crippen molar-refractivity contribution in [2.24, 2.45) is 4.99 Å². The van der Waals surface area contributed by atoms with Gasteiger partial charge in [-0.2, -0.15) is 0 Å². The second-order valence-corrected chi connectivity index (χ2v) is 14.0. The number of rotatable bonds is 7. The van der Waals surface area contributed by atoms with E-state index in [-0.39, 0.29) is 12.0 Å². The van der Waals surface area contributed by atoms with Crippen LogP contribution in [0.15, 0.2) is 65.2 Å². The molecule has 0 bridgehead atoms. The van der Waals surface area contributed by atoms with Crippen LogP contribution in [0.1, 0.15) is 54.0 Å². The first-order valence-corrected chi connectivity index (χ1v) is 16.0. The van der Waals surface area contributed by atoms with E-state index in [4.69, 9.17) is 9.47 Å². The number of carbonyl (C=O) groups excluding carboxylic acids is 3. The predicted molar refractivity (Wildman–Crippen MR) is 188 cm³/mol. The molecule has 0 aliphatic carbocycles. The molecule has 11 heteroatoms. The average molecular weight is 646 g/mol. The normalized spacial score (nSPS) is 14.0. The fraction of sp³-hybridized carbons (Fsp3) is 0.371. The minimum atomic E-state index is -0.675. The highest BCUT2D eigenvalue weighted by Gasteiger charge is 2.26. The Hall–Kier alpha value is -4.64. The van der Waals surface area contributed by atoms with E-state index < -0.39 is 17.3 Å². The Morgan fingerprint density at radius 3 is 2.15 bits per heavy atom. The minimum absolute atomic E-state index is 0.304. The van der Waals surface area contributed by atoms with Crippen molar-refractivity contribution in [2.75, 3.05) is 41.7 Å². The number of nitrogens with one attached hydrogen (secondary N) is 2. The Bertz CT molecular complexity index is 1610. The van der Waals surface area contributed by atoms with E-state index in [1.807, 2.05) is 75.4 Å². The van der Waals surface area contributed by atoms with Gasteiger partial charge in [-0.3, -0.25) is 15.1 Å². The van der Waals surface area contributed by atoms with Crippen molar-refractivity contribution in [3.05, 3.63) is 65.7 Å². The molecule has 46 heavy (non-hydrogen) atoms. The van der Waals surface area contributed by atoms with Crippen molar-refractivity contribution in [3.63, 3.8) is 0 Å². The number of benzene rings is 2. The SMILES string of the molecule is C=Nc1cc(N2CCN(C(=O)OC(C)(C)C)CC2)ccc1/C=C(\C)C(=O)Nc1sc(-c2ccccc2)cc1NC(=O)OC(C)(C)C. The summed E-state index contributed by atoms with van der Waals surface area (Å²) in [6.45, 7) is 18.8. The summed E-state index contributed by atoms with van der Waals surface area (Å²) in [6, 6.07) is 17.4. The molecule has 0 unspecified atom stereocenters. The van der Waals surface area contributed by atoms with Crippen molar-refractivity contribution in [1.29, 1.82) is 0 Å². The van der Waals surface area contributed by atoms with Gasteiger partial charge in [0, 0.05) is 47.9 Å². The third-order valence-electron chi connectivity index (χ3n) is 6.86. The van der Waals surface area contributed by atoms with E-state index in [0.717, 1.165) is 21.7 Å². The molecule has 2 heterocycles. The smallest absolute Gasteiger partial charge is 0.412 e. The standard InChI is InChI=1S/C35H43N5O5S/c1-23(20-25-14-15-26(21-27(25)36-8)39-16-18-40(19-17-39)33(43)45-35(5,6)7)30(41)38-31-28(37-32(42)44-34(2,3)4)22-29(46-31)24-12-10-9-11-13-24/h9-15,20-22H,8,16-19H2,1-7H3,(H,37,42)(H,38,41)/b23-20+. The molecule has 1 saturated heterocycles. The summed E-state index contributed by atoms with van der Waals surface area (Å²) < 4.78 is 11.0. The van der Waals surface area contributed by atoms with E-state index in [2.05, 4.69) is 27.2 Å². The fourth-order valence-electron chi connectivity index (χ4n) is 4.70. The lowest BCUT2D eigenvalue weighted by Gasteiger charge is -2.36. The number of aliphatic imine (C=N–C) groups is 1. The van der Waals surface area contributed by atoms with Crippen LogP contribution in [0.4, 0.5) is 31.7 Å². The van der Waals surface area contributed by atoms with Crippen LogP contribution in [0.2, 0.25) is 0 Å². The van der Waals surface area contributed by atoms with Gasteiger partial charge in [-0.1, -0.05) is 36.4 Å². The Kier molecular flexibility index (Phi) is 10.6. The van der Waals surface area contributed by atoms with Crippen molar-refractivity contribution in [2.45, 2.75) is 59.7 Å². The zero-order chi connectivity index (χ0) is 33.6. The van der Waals surface area contributed by atoms with Gasteiger partial charge in [0.2, 0.25) is 0 Å². The van der Waals surface area contributed by atoms with E-state index in [9.17, 15) is 14.4 Å². The lowest BCUT2D eigenvalue weighted by Crippen LogP contribution is -2.50. The number of ether oxygens (including phenoxy) is 2. The first-order valence-electron chi connectivity index (χ1n) is 15.1. The van der Waals surface area contributed by atoms with Gasteiger partial charge in [-0.25, -0.2) is 9.59 Å². The molecular formula is C35H43N5O5S. The van der Waals surface area contributed by atoms with E-state index in [1.54, 1.807) is 38.7 Å². The molecule has 0 radical (unpaired) electrons. The zero-order valence-electron chi connectivity index (χ0n) is 27.6. The molecule has 2 aromatic carbocycles. The van der Waals surface area contributed by atoms with Crippen molar-refractivity contribution >= 4 is 64.3 Å². The number of nitrogens with zero attached hydrogens (tertiary/aromatic N) is 3. The highest BCUT2D eigenvalue weighted by Crippen LogP contribution is 2.39. The van der Waals surface area contributed by atoms with Gasteiger partial charge < -0.3 is 24.6 Å². The van der Waals surface area contributed by atoms with Crippen LogP contribution in [0.3, 0.4) is 0 Å². The van der Waals surface area contributed by atoms with E-state index >= 15 is 0 Å². The van der Waals surface area contributed by atoms with Crippen LogP contribution in [-0.2, 0) is 14.3 Å². The second kappa shape index (κ2) is 14.2. The molecule has 244 valence electrons. The molecule has 2 N–H and O–H groups in total. The van der Waals surface area contributed by atoms with Gasteiger partial charge in [-0.15, -0.1) is 11.3 Å². The van der Waals surface area contributed by atoms with Gasteiger partial charge in [0.05, 0.1) is 11.4 Å².